The van der Waals surface area contributed by atoms with Crippen LogP contribution in [0.2, 0.25) is 5.02 Å². The second-order valence-corrected chi connectivity index (χ2v) is 10.3. The molecule has 1 aromatic carbocycles. The van der Waals surface area contributed by atoms with Crippen LogP contribution in [0.25, 0.3) is 11.0 Å². The number of nitrogens with zero attached hydrogens (tertiary/aromatic N) is 8. The van der Waals surface area contributed by atoms with Gasteiger partial charge in [-0.1, -0.05) is 16.8 Å². The van der Waals surface area contributed by atoms with Crippen molar-refractivity contribution in [3.05, 3.63) is 52.1 Å². The molecule has 1 saturated heterocycles. The molecule has 0 radical (unpaired) electrons. The van der Waals surface area contributed by atoms with Crippen LogP contribution in [0.3, 0.4) is 0 Å². The van der Waals surface area contributed by atoms with E-state index in [2.05, 4.69) is 50.9 Å². The van der Waals surface area contributed by atoms with Gasteiger partial charge in [0, 0.05) is 44.0 Å². The van der Waals surface area contributed by atoms with Crippen LogP contribution in [0.15, 0.2) is 41.5 Å². The first-order valence-electron chi connectivity index (χ1n) is 11.5. The largest absolute Gasteiger partial charge is 0.437 e. The van der Waals surface area contributed by atoms with Crippen LogP contribution in [0.1, 0.15) is 37.3 Å². The van der Waals surface area contributed by atoms with E-state index in [1.807, 2.05) is 22.9 Å². The first-order chi connectivity index (χ1) is 16.6. The van der Waals surface area contributed by atoms with E-state index in [0.29, 0.717) is 22.7 Å². The molecule has 1 saturated carbocycles. The van der Waals surface area contributed by atoms with E-state index in [0.717, 1.165) is 66.0 Å². The van der Waals surface area contributed by atoms with Gasteiger partial charge in [-0.25, -0.2) is 9.67 Å². The van der Waals surface area contributed by atoms with Gasteiger partial charge in [-0.05, 0) is 65.7 Å². The van der Waals surface area contributed by atoms with Crippen molar-refractivity contribution in [1.82, 2.24) is 39.6 Å². The maximum absolute atomic E-state index is 6.30. The predicted molar refractivity (Wildman–Crippen MR) is 131 cm³/mol. The normalized spacial score (nSPS) is 17.5. The second-order valence-electron chi connectivity index (χ2n) is 9.10. The number of hydrogen-bond donors (Lipinski definition) is 0. The average molecular weight is 544 g/mol. The lowest BCUT2D eigenvalue weighted by molar-refractivity contribution is 0.178. The van der Waals surface area contributed by atoms with Gasteiger partial charge in [0.05, 0.1) is 15.0 Å². The van der Waals surface area contributed by atoms with Gasteiger partial charge in [0.15, 0.2) is 0 Å². The van der Waals surface area contributed by atoms with Crippen LogP contribution in [0.5, 0.6) is 11.6 Å². The number of piperidine rings is 1. The highest BCUT2D eigenvalue weighted by molar-refractivity contribution is 9.10. The number of halogens is 2. The molecule has 176 valence electrons. The molecule has 0 atom stereocenters. The smallest absolute Gasteiger partial charge is 0.223 e. The zero-order valence-corrected chi connectivity index (χ0v) is 20.9. The molecule has 0 amide bonds. The molecule has 0 N–H and O–H groups in total. The summed E-state index contributed by atoms with van der Waals surface area (Å²) in [6.45, 7) is 3.57. The fourth-order valence-electron chi connectivity index (χ4n) is 4.54. The fourth-order valence-corrected chi connectivity index (χ4v) is 5.21. The SMILES string of the molecule is Clc1cnc(Oc2ccc3c(nnn3CC3CC3)c2Br)c(CN2CCC(n3cnnc3)CC2)c1. The minimum absolute atomic E-state index is 0.440. The maximum Gasteiger partial charge on any atom is 0.223 e. The third-order valence-electron chi connectivity index (χ3n) is 6.63. The Morgan fingerprint density at radius 3 is 2.65 bits per heavy atom. The van der Waals surface area contributed by atoms with E-state index in [4.69, 9.17) is 16.3 Å². The number of aromatic nitrogens is 7. The molecule has 3 aromatic heterocycles. The molecule has 4 heterocycles. The number of rotatable bonds is 7. The third kappa shape index (κ3) is 4.54. The van der Waals surface area contributed by atoms with Gasteiger partial charge in [-0.3, -0.25) is 4.90 Å². The molecule has 0 spiro atoms. The van der Waals surface area contributed by atoms with Crippen molar-refractivity contribution in [2.45, 2.75) is 44.8 Å². The Hall–Kier alpha value is -2.56. The third-order valence-corrected chi connectivity index (χ3v) is 7.60. The van der Waals surface area contributed by atoms with Crippen molar-refractivity contribution < 1.29 is 4.74 Å². The summed E-state index contributed by atoms with van der Waals surface area (Å²) in [6, 6.07) is 6.34. The second kappa shape index (κ2) is 9.24. The summed E-state index contributed by atoms with van der Waals surface area (Å²) in [4.78, 5) is 6.91. The van der Waals surface area contributed by atoms with Crippen LogP contribution >= 0.6 is 27.5 Å². The Morgan fingerprint density at radius 2 is 1.88 bits per heavy atom. The summed E-state index contributed by atoms with van der Waals surface area (Å²) < 4.78 is 11.2. The number of pyridine rings is 1. The van der Waals surface area contributed by atoms with Crippen LogP contribution in [0, 0.1) is 5.92 Å². The molecule has 4 aromatic rings. The highest BCUT2D eigenvalue weighted by Crippen LogP contribution is 2.37. The van der Waals surface area contributed by atoms with Crippen molar-refractivity contribution in [3.8, 4) is 11.6 Å². The Balaban J connectivity index is 1.19. The number of ether oxygens (including phenoxy) is 1. The van der Waals surface area contributed by atoms with Crippen molar-refractivity contribution >= 4 is 38.6 Å². The van der Waals surface area contributed by atoms with Gasteiger partial charge in [0.1, 0.15) is 23.9 Å². The Morgan fingerprint density at radius 1 is 1.09 bits per heavy atom. The number of fused-ring (bicyclic) bond motifs is 1. The van der Waals surface area contributed by atoms with Gasteiger partial charge in [-0.2, -0.15) is 0 Å². The molecule has 0 bridgehead atoms. The maximum atomic E-state index is 6.30. The highest BCUT2D eigenvalue weighted by atomic mass is 79.9. The molecule has 1 aliphatic carbocycles. The Bertz CT molecular complexity index is 1300. The summed E-state index contributed by atoms with van der Waals surface area (Å²) in [5, 5.41) is 17.2. The lowest BCUT2D eigenvalue weighted by atomic mass is 10.0. The standard InChI is InChI=1S/C23H24BrClN8O/c24-21-20(4-3-19-22(21)29-30-33(19)11-15-1-2-15)34-23-16(9-17(25)10-26-23)12-31-7-5-18(6-8-31)32-13-27-28-14-32/h3-4,9-10,13-15,18H,1-2,5-8,11-12H2. The number of benzene rings is 1. The minimum atomic E-state index is 0.440. The monoisotopic (exact) mass is 542 g/mol. The van der Waals surface area contributed by atoms with Crippen LogP contribution in [0.4, 0.5) is 0 Å². The van der Waals surface area contributed by atoms with Crippen molar-refractivity contribution in [2.24, 2.45) is 5.92 Å². The summed E-state index contributed by atoms with van der Waals surface area (Å²) in [5.41, 5.74) is 2.76. The summed E-state index contributed by atoms with van der Waals surface area (Å²) >= 11 is 9.98. The Labute approximate surface area is 210 Å². The molecule has 9 nitrogen and oxygen atoms in total. The lowest BCUT2D eigenvalue weighted by Gasteiger charge is -2.32. The molecule has 11 heteroatoms. The van der Waals surface area contributed by atoms with Gasteiger partial charge >= 0.3 is 0 Å². The topological polar surface area (TPSA) is 86.8 Å². The lowest BCUT2D eigenvalue weighted by Crippen LogP contribution is -2.34. The summed E-state index contributed by atoms with van der Waals surface area (Å²) in [5.74, 6) is 1.94. The van der Waals surface area contributed by atoms with Gasteiger partial charge < -0.3 is 9.30 Å². The van der Waals surface area contributed by atoms with Crippen LogP contribution in [-0.4, -0.2) is 52.7 Å². The zero-order chi connectivity index (χ0) is 23.1. The van der Waals surface area contributed by atoms with Crippen molar-refractivity contribution in [2.75, 3.05) is 13.1 Å². The molecule has 34 heavy (non-hydrogen) atoms. The minimum Gasteiger partial charge on any atom is -0.437 e. The first kappa shape index (κ1) is 21.9. The van der Waals surface area contributed by atoms with Gasteiger partial charge in [0.2, 0.25) is 5.88 Å². The zero-order valence-electron chi connectivity index (χ0n) is 18.5. The van der Waals surface area contributed by atoms with Gasteiger partial charge in [0.25, 0.3) is 0 Å². The van der Waals surface area contributed by atoms with E-state index in [1.54, 1.807) is 18.9 Å². The van der Waals surface area contributed by atoms with E-state index in [1.165, 1.54) is 12.8 Å². The molecule has 2 fully saturated rings. The number of likely N-dealkylation sites (tertiary alicyclic amines) is 1. The Kier molecular flexibility index (Phi) is 5.96. The average Bonchev–Trinajstić information content (AvgIpc) is 3.31. The summed E-state index contributed by atoms with van der Waals surface area (Å²) in [6.07, 6.45) is 9.85. The van der Waals surface area contributed by atoms with Crippen molar-refractivity contribution in [3.63, 3.8) is 0 Å². The predicted octanol–water partition coefficient (Wildman–Crippen LogP) is 4.87. The van der Waals surface area contributed by atoms with Gasteiger partial charge in [-0.15, -0.1) is 15.3 Å². The quantitative estimate of drug-likeness (QED) is 0.328. The fraction of sp³-hybridized carbons (Fsp3) is 0.435. The first-order valence-corrected chi connectivity index (χ1v) is 12.7. The molecular weight excluding hydrogens is 520 g/mol. The molecule has 6 rings (SSSR count). The summed E-state index contributed by atoms with van der Waals surface area (Å²) in [7, 11) is 0. The molecule has 0 unspecified atom stereocenters. The molecular formula is C23H24BrClN8O. The van der Waals surface area contributed by atoms with E-state index < -0.39 is 0 Å². The molecule has 2 aliphatic rings. The van der Waals surface area contributed by atoms with E-state index >= 15 is 0 Å². The van der Waals surface area contributed by atoms with E-state index in [9.17, 15) is 0 Å². The van der Waals surface area contributed by atoms with E-state index in [-0.39, 0.29) is 0 Å². The van der Waals surface area contributed by atoms with Crippen molar-refractivity contribution in [1.29, 1.82) is 0 Å². The highest BCUT2D eigenvalue weighted by Gasteiger charge is 2.25. The number of hydrogen-bond acceptors (Lipinski definition) is 7. The molecule has 1 aliphatic heterocycles. The van der Waals surface area contributed by atoms with Crippen LogP contribution in [-0.2, 0) is 13.1 Å². The van der Waals surface area contributed by atoms with Crippen LogP contribution < -0.4 is 4.74 Å².